The lowest BCUT2D eigenvalue weighted by Gasteiger charge is -2.22. The molecule has 3 aromatic carbocycles. The fraction of sp³-hybridized carbons (Fsp3) is 0.222. The van der Waals surface area contributed by atoms with Gasteiger partial charge in [0.05, 0.1) is 13.0 Å². The zero-order chi connectivity index (χ0) is 21.8. The van der Waals surface area contributed by atoms with Gasteiger partial charge in [-0.2, -0.15) is 0 Å². The lowest BCUT2D eigenvalue weighted by Crippen LogP contribution is -2.21. The van der Waals surface area contributed by atoms with Crippen LogP contribution in [0, 0.1) is 5.92 Å². The Kier molecular flexibility index (Phi) is 6.08. The fourth-order valence-electron chi connectivity index (χ4n) is 4.18. The minimum Gasteiger partial charge on any atom is -0.496 e. The topological polar surface area (TPSA) is 40.5 Å². The maximum atomic E-state index is 12.9. The molecule has 31 heavy (non-hydrogen) atoms. The number of nitrogens with zero attached hydrogens (tertiary/aromatic N) is 1. The molecule has 4 nitrogen and oxygen atoms in total. The highest BCUT2D eigenvalue weighted by molar-refractivity contribution is 5.85. The van der Waals surface area contributed by atoms with Gasteiger partial charge < -0.3 is 14.0 Å². The van der Waals surface area contributed by atoms with Crippen LogP contribution in [-0.4, -0.2) is 17.6 Å². The molecular formula is C27H27NO3. The van der Waals surface area contributed by atoms with E-state index in [9.17, 15) is 4.79 Å². The number of benzene rings is 3. The number of para-hydroxylation sites is 3. The standard InChI is InChI=1S/C27H27NO3/c1-19(27(29)31-20-11-5-4-6-12-20)17-23(22-14-8-10-16-26(22)30-3)24-18-28(2)25-15-9-7-13-21(24)25/h4-16,18-19,23H,17H2,1-3H3. The first-order valence-corrected chi connectivity index (χ1v) is 10.5. The second-order valence-electron chi connectivity index (χ2n) is 7.88. The van der Waals surface area contributed by atoms with Gasteiger partial charge in [0, 0.05) is 35.6 Å². The van der Waals surface area contributed by atoms with Crippen LogP contribution >= 0.6 is 0 Å². The molecule has 0 amide bonds. The Balaban J connectivity index is 1.71. The summed E-state index contributed by atoms with van der Waals surface area (Å²) in [5, 5.41) is 1.18. The lowest BCUT2D eigenvalue weighted by atomic mass is 9.83. The Labute approximate surface area is 183 Å². The molecule has 0 aliphatic rings. The number of hydrogen-bond donors (Lipinski definition) is 0. The van der Waals surface area contributed by atoms with Crippen LogP contribution in [0.25, 0.3) is 10.9 Å². The number of methoxy groups -OCH3 is 1. The van der Waals surface area contributed by atoms with Crippen LogP contribution < -0.4 is 9.47 Å². The van der Waals surface area contributed by atoms with Crippen molar-refractivity contribution in [2.24, 2.45) is 13.0 Å². The summed E-state index contributed by atoms with van der Waals surface area (Å²) in [5.74, 6) is 0.850. The molecular weight excluding hydrogens is 386 g/mol. The highest BCUT2D eigenvalue weighted by Crippen LogP contribution is 2.40. The number of ether oxygens (including phenoxy) is 2. The van der Waals surface area contributed by atoms with Crippen LogP contribution in [0.1, 0.15) is 30.4 Å². The first kappa shape index (κ1) is 20.7. The molecule has 4 aromatic rings. The summed E-state index contributed by atoms with van der Waals surface area (Å²) in [7, 11) is 3.74. The Morgan fingerprint density at radius 2 is 1.58 bits per heavy atom. The summed E-state index contributed by atoms with van der Waals surface area (Å²) in [5.41, 5.74) is 3.42. The number of carbonyl (C=O) groups is 1. The third kappa shape index (κ3) is 4.33. The first-order chi connectivity index (χ1) is 15.1. The molecule has 0 N–H and O–H groups in total. The van der Waals surface area contributed by atoms with Gasteiger partial charge in [-0.05, 0) is 36.2 Å². The number of fused-ring (bicyclic) bond motifs is 1. The Bertz CT molecular complexity index is 1180. The molecule has 0 aliphatic heterocycles. The number of hydrogen-bond acceptors (Lipinski definition) is 3. The van der Waals surface area contributed by atoms with Gasteiger partial charge in [0.15, 0.2) is 0 Å². The van der Waals surface area contributed by atoms with Crippen molar-refractivity contribution in [2.45, 2.75) is 19.3 Å². The van der Waals surface area contributed by atoms with E-state index in [4.69, 9.17) is 9.47 Å². The van der Waals surface area contributed by atoms with Crippen LogP contribution in [0.15, 0.2) is 85.1 Å². The Morgan fingerprint density at radius 1 is 0.903 bits per heavy atom. The van der Waals surface area contributed by atoms with E-state index >= 15 is 0 Å². The molecule has 0 spiro atoms. The summed E-state index contributed by atoms with van der Waals surface area (Å²) >= 11 is 0. The largest absolute Gasteiger partial charge is 0.496 e. The molecule has 0 saturated heterocycles. The molecule has 4 heteroatoms. The molecule has 158 valence electrons. The third-order valence-corrected chi connectivity index (χ3v) is 5.77. The van der Waals surface area contributed by atoms with Crippen LogP contribution in [0.3, 0.4) is 0 Å². The van der Waals surface area contributed by atoms with E-state index in [1.165, 1.54) is 10.9 Å². The summed E-state index contributed by atoms with van der Waals surface area (Å²) in [4.78, 5) is 12.9. The zero-order valence-electron chi connectivity index (χ0n) is 18.1. The van der Waals surface area contributed by atoms with Gasteiger partial charge in [-0.3, -0.25) is 4.79 Å². The van der Waals surface area contributed by atoms with Crippen molar-refractivity contribution in [1.82, 2.24) is 4.57 Å². The van der Waals surface area contributed by atoms with Crippen molar-refractivity contribution < 1.29 is 14.3 Å². The molecule has 2 atom stereocenters. The second kappa shape index (κ2) is 9.09. The Hall–Kier alpha value is -3.53. The second-order valence-corrected chi connectivity index (χ2v) is 7.88. The molecule has 1 heterocycles. The van der Waals surface area contributed by atoms with Crippen molar-refractivity contribution >= 4 is 16.9 Å². The number of esters is 1. The van der Waals surface area contributed by atoms with Crippen molar-refractivity contribution in [2.75, 3.05) is 7.11 Å². The van der Waals surface area contributed by atoms with E-state index in [2.05, 4.69) is 42.1 Å². The van der Waals surface area contributed by atoms with Crippen LogP contribution in [0.4, 0.5) is 0 Å². The average Bonchev–Trinajstić information content (AvgIpc) is 3.14. The van der Waals surface area contributed by atoms with Gasteiger partial charge in [-0.25, -0.2) is 0 Å². The van der Waals surface area contributed by atoms with E-state index in [0.717, 1.165) is 16.8 Å². The molecule has 2 unspecified atom stereocenters. The van der Waals surface area contributed by atoms with Gasteiger partial charge in [-0.15, -0.1) is 0 Å². The summed E-state index contributed by atoms with van der Waals surface area (Å²) in [6.45, 7) is 1.93. The SMILES string of the molecule is COc1ccccc1C(CC(C)C(=O)Oc1ccccc1)c1cn(C)c2ccccc12. The maximum Gasteiger partial charge on any atom is 0.314 e. The summed E-state index contributed by atoms with van der Waals surface area (Å²) in [6.07, 6.45) is 2.77. The van der Waals surface area contributed by atoms with Crippen LogP contribution in [0.5, 0.6) is 11.5 Å². The molecule has 4 rings (SSSR count). The van der Waals surface area contributed by atoms with Gasteiger partial charge in [0.1, 0.15) is 11.5 Å². The molecule has 1 aromatic heterocycles. The maximum absolute atomic E-state index is 12.9. The quantitative estimate of drug-likeness (QED) is 0.278. The molecule has 0 saturated carbocycles. The van der Waals surface area contributed by atoms with Gasteiger partial charge in [-0.1, -0.05) is 61.5 Å². The average molecular weight is 414 g/mol. The predicted octanol–water partition coefficient (Wildman–Crippen LogP) is 5.95. The van der Waals surface area contributed by atoms with Crippen molar-refractivity contribution in [1.29, 1.82) is 0 Å². The minimum absolute atomic E-state index is 0.0134. The van der Waals surface area contributed by atoms with E-state index in [1.54, 1.807) is 19.2 Å². The summed E-state index contributed by atoms with van der Waals surface area (Å²) in [6, 6.07) is 25.6. The summed E-state index contributed by atoms with van der Waals surface area (Å²) < 4.78 is 13.4. The van der Waals surface area contributed by atoms with Crippen molar-refractivity contribution in [3.05, 3.63) is 96.2 Å². The zero-order valence-corrected chi connectivity index (χ0v) is 18.1. The first-order valence-electron chi connectivity index (χ1n) is 10.5. The molecule has 0 fully saturated rings. The highest BCUT2D eigenvalue weighted by Gasteiger charge is 2.27. The third-order valence-electron chi connectivity index (χ3n) is 5.77. The van der Waals surface area contributed by atoms with Crippen molar-refractivity contribution in [3.63, 3.8) is 0 Å². The van der Waals surface area contributed by atoms with E-state index in [1.807, 2.05) is 49.4 Å². The fourth-order valence-corrected chi connectivity index (χ4v) is 4.18. The van der Waals surface area contributed by atoms with Gasteiger partial charge >= 0.3 is 5.97 Å². The highest BCUT2D eigenvalue weighted by atomic mass is 16.5. The minimum atomic E-state index is -0.297. The predicted molar refractivity (Wildman–Crippen MR) is 124 cm³/mol. The van der Waals surface area contributed by atoms with Gasteiger partial charge in [0.25, 0.3) is 0 Å². The lowest BCUT2D eigenvalue weighted by molar-refractivity contribution is -0.138. The van der Waals surface area contributed by atoms with E-state index in [0.29, 0.717) is 12.2 Å². The van der Waals surface area contributed by atoms with Gasteiger partial charge in [0.2, 0.25) is 0 Å². The number of aromatic nitrogens is 1. The van der Waals surface area contributed by atoms with E-state index in [-0.39, 0.29) is 17.8 Å². The van der Waals surface area contributed by atoms with Crippen LogP contribution in [-0.2, 0) is 11.8 Å². The van der Waals surface area contributed by atoms with Crippen molar-refractivity contribution in [3.8, 4) is 11.5 Å². The van der Waals surface area contributed by atoms with E-state index < -0.39 is 0 Å². The molecule has 0 radical (unpaired) electrons. The molecule has 0 bridgehead atoms. The smallest absolute Gasteiger partial charge is 0.314 e. The number of rotatable bonds is 7. The normalized spacial score (nSPS) is 13.0. The molecule has 0 aliphatic carbocycles. The monoisotopic (exact) mass is 413 g/mol. The number of aryl methyl sites for hydroxylation is 1. The van der Waals surface area contributed by atoms with Crippen LogP contribution in [0.2, 0.25) is 0 Å². The Morgan fingerprint density at radius 3 is 2.35 bits per heavy atom. The number of carbonyl (C=O) groups excluding carboxylic acids is 1.